The average Bonchev–Trinajstić information content (AvgIpc) is 3.28. The van der Waals surface area contributed by atoms with E-state index < -0.39 is 0 Å². The Morgan fingerprint density at radius 1 is 1.00 bits per heavy atom. The molecule has 0 atom stereocenters. The van der Waals surface area contributed by atoms with Gasteiger partial charge in [0, 0.05) is 37.8 Å². The van der Waals surface area contributed by atoms with Crippen molar-refractivity contribution in [1.29, 1.82) is 0 Å². The van der Waals surface area contributed by atoms with Crippen molar-refractivity contribution in [3.8, 4) is 11.5 Å². The summed E-state index contributed by atoms with van der Waals surface area (Å²) in [5.41, 5.74) is 2.85. The number of benzene rings is 2. The summed E-state index contributed by atoms with van der Waals surface area (Å²) in [4.78, 5) is 27.5. The van der Waals surface area contributed by atoms with Gasteiger partial charge in [-0.1, -0.05) is 65.8 Å². The molecule has 7 nitrogen and oxygen atoms in total. The minimum absolute atomic E-state index is 0.0283. The molecule has 0 aliphatic carbocycles. The van der Waals surface area contributed by atoms with E-state index in [-0.39, 0.29) is 17.7 Å². The third-order valence-electron chi connectivity index (χ3n) is 5.60. The van der Waals surface area contributed by atoms with Crippen molar-refractivity contribution in [2.24, 2.45) is 0 Å². The third kappa shape index (κ3) is 4.07. The monoisotopic (exact) mass is 411 g/mol. The van der Waals surface area contributed by atoms with Gasteiger partial charge >= 0.3 is 0 Å². The number of carbonyl (C=O) groups excluding carboxylic acids is 1. The number of nitrogens with zero attached hydrogens (tertiary/aromatic N) is 5. The Morgan fingerprint density at radius 3 is 2.29 bits per heavy atom. The fourth-order valence-electron chi connectivity index (χ4n) is 3.86. The molecular formula is C24H21N5O2. The largest absolute Gasteiger partial charge is 0.341 e. The van der Waals surface area contributed by atoms with Crippen molar-refractivity contribution in [3.63, 3.8) is 0 Å². The summed E-state index contributed by atoms with van der Waals surface area (Å²) in [5, 5.41) is 3.99. The Hall–Kier alpha value is -3.87. The van der Waals surface area contributed by atoms with Crippen LogP contribution in [-0.2, 0) is 4.79 Å². The lowest BCUT2D eigenvalue weighted by Gasteiger charge is -2.38. The Morgan fingerprint density at radius 2 is 1.68 bits per heavy atom. The number of carbonyl (C=O) groups is 1. The molecule has 1 aliphatic rings. The Kier molecular flexibility index (Phi) is 5.22. The van der Waals surface area contributed by atoms with Gasteiger partial charge < -0.3 is 9.42 Å². The van der Waals surface area contributed by atoms with E-state index in [1.807, 2.05) is 41.3 Å². The van der Waals surface area contributed by atoms with Crippen LogP contribution in [0.15, 0.2) is 83.8 Å². The van der Waals surface area contributed by atoms with Gasteiger partial charge in [-0.15, -0.1) is 0 Å². The normalized spacial score (nSPS) is 13.9. The van der Waals surface area contributed by atoms with Gasteiger partial charge in [-0.25, -0.2) is 4.98 Å². The first kappa shape index (κ1) is 19.1. The van der Waals surface area contributed by atoms with Crippen LogP contribution in [0.5, 0.6) is 0 Å². The summed E-state index contributed by atoms with van der Waals surface area (Å²) in [7, 11) is 0. The van der Waals surface area contributed by atoms with Crippen LogP contribution in [0.1, 0.15) is 35.3 Å². The van der Waals surface area contributed by atoms with Crippen LogP contribution in [0.3, 0.4) is 0 Å². The molecule has 0 spiro atoms. The summed E-state index contributed by atoms with van der Waals surface area (Å²) in [6.45, 7) is 1.16. The topological polar surface area (TPSA) is 85.0 Å². The maximum atomic E-state index is 13.0. The van der Waals surface area contributed by atoms with Gasteiger partial charge in [0.15, 0.2) is 0 Å². The van der Waals surface area contributed by atoms with E-state index in [2.05, 4.69) is 44.4 Å². The molecule has 2 aromatic carbocycles. The van der Waals surface area contributed by atoms with E-state index in [1.54, 1.807) is 18.6 Å². The van der Waals surface area contributed by atoms with E-state index in [0.29, 0.717) is 36.9 Å². The second kappa shape index (κ2) is 8.47. The van der Waals surface area contributed by atoms with Crippen molar-refractivity contribution >= 4 is 5.91 Å². The first-order valence-corrected chi connectivity index (χ1v) is 10.3. The second-order valence-corrected chi connectivity index (χ2v) is 7.62. The second-order valence-electron chi connectivity index (χ2n) is 7.62. The zero-order valence-electron chi connectivity index (χ0n) is 16.8. The zero-order valence-corrected chi connectivity index (χ0v) is 16.8. The van der Waals surface area contributed by atoms with Crippen LogP contribution in [0.4, 0.5) is 0 Å². The molecule has 1 amide bonds. The molecule has 0 bridgehead atoms. The Labute approximate surface area is 179 Å². The van der Waals surface area contributed by atoms with Gasteiger partial charge in [0.05, 0.1) is 12.1 Å². The van der Waals surface area contributed by atoms with Gasteiger partial charge in [0.1, 0.15) is 5.69 Å². The first-order chi connectivity index (χ1) is 15.3. The highest BCUT2D eigenvalue weighted by molar-refractivity contribution is 5.79. The van der Waals surface area contributed by atoms with Crippen LogP contribution in [0.2, 0.25) is 0 Å². The Balaban J connectivity index is 1.25. The molecule has 2 aromatic heterocycles. The molecule has 1 aliphatic heterocycles. The molecule has 31 heavy (non-hydrogen) atoms. The van der Waals surface area contributed by atoms with Crippen molar-refractivity contribution < 1.29 is 9.32 Å². The smallest absolute Gasteiger partial charge is 0.233 e. The molecule has 154 valence electrons. The molecule has 1 saturated heterocycles. The molecule has 7 heteroatoms. The first-order valence-electron chi connectivity index (χ1n) is 10.3. The van der Waals surface area contributed by atoms with Gasteiger partial charge in [-0.2, -0.15) is 4.98 Å². The van der Waals surface area contributed by atoms with Crippen LogP contribution in [-0.4, -0.2) is 44.0 Å². The van der Waals surface area contributed by atoms with Crippen LogP contribution in [0, 0.1) is 0 Å². The van der Waals surface area contributed by atoms with Crippen LogP contribution >= 0.6 is 0 Å². The van der Waals surface area contributed by atoms with Crippen molar-refractivity contribution in [3.05, 3.63) is 96.3 Å². The molecule has 0 saturated carbocycles. The fraction of sp³-hybridized carbons (Fsp3) is 0.208. The highest BCUT2D eigenvalue weighted by Gasteiger charge is 2.36. The maximum absolute atomic E-state index is 13.0. The van der Waals surface area contributed by atoms with Crippen LogP contribution < -0.4 is 0 Å². The number of hydrogen-bond donors (Lipinski definition) is 0. The summed E-state index contributed by atoms with van der Waals surface area (Å²) >= 11 is 0. The van der Waals surface area contributed by atoms with E-state index in [1.165, 1.54) is 0 Å². The molecule has 0 radical (unpaired) electrons. The lowest BCUT2D eigenvalue weighted by Crippen LogP contribution is -2.48. The molecule has 1 fully saturated rings. The van der Waals surface area contributed by atoms with Crippen molar-refractivity contribution in [2.75, 3.05) is 13.1 Å². The van der Waals surface area contributed by atoms with E-state index >= 15 is 0 Å². The standard InChI is InChI=1S/C24H21N5O2/c30-22(13-20(17-7-3-1-4-8-17)18-9-5-2-6-10-18)29-15-19(16-29)24-27-23(28-31-24)21-14-25-11-12-26-21/h1-12,14,19-20H,13,15-16H2. The molecule has 0 unspecified atom stereocenters. The quantitative estimate of drug-likeness (QED) is 0.481. The van der Waals surface area contributed by atoms with E-state index in [9.17, 15) is 4.79 Å². The fourth-order valence-corrected chi connectivity index (χ4v) is 3.86. The SMILES string of the molecule is O=C(CC(c1ccccc1)c1ccccc1)N1CC(c2nc(-c3cnccn3)no2)C1. The van der Waals surface area contributed by atoms with Gasteiger partial charge in [0.25, 0.3) is 0 Å². The maximum Gasteiger partial charge on any atom is 0.233 e. The number of likely N-dealkylation sites (tertiary alicyclic amines) is 1. The van der Waals surface area contributed by atoms with Gasteiger partial charge in [0.2, 0.25) is 17.6 Å². The summed E-state index contributed by atoms with van der Waals surface area (Å²) in [6, 6.07) is 20.4. The highest BCUT2D eigenvalue weighted by Crippen LogP contribution is 2.32. The molecular weight excluding hydrogens is 390 g/mol. The molecule has 5 rings (SSSR count). The van der Waals surface area contributed by atoms with Crippen LogP contribution in [0.25, 0.3) is 11.5 Å². The average molecular weight is 411 g/mol. The highest BCUT2D eigenvalue weighted by atomic mass is 16.5. The lowest BCUT2D eigenvalue weighted by atomic mass is 9.87. The van der Waals surface area contributed by atoms with Crippen molar-refractivity contribution in [2.45, 2.75) is 18.3 Å². The number of hydrogen-bond acceptors (Lipinski definition) is 6. The van der Waals surface area contributed by atoms with Gasteiger partial charge in [-0.05, 0) is 11.1 Å². The van der Waals surface area contributed by atoms with E-state index in [0.717, 1.165) is 11.1 Å². The molecule has 4 aromatic rings. The summed E-state index contributed by atoms with van der Waals surface area (Å²) in [5.74, 6) is 1.16. The van der Waals surface area contributed by atoms with E-state index in [4.69, 9.17) is 4.52 Å². The number of aromatic nitrogens is 4. The number of amides is 1. The minimum atomic E-state index is 0.0283. The number of rotatable bonds is 6. The van der Waals surface area contributed by atoms with Crippen molar-refractivity contribution in [1.82, 2.24) is 25.0 Å². The lowest BCUT2D eigenvalue weighted by molar-refractivity contribution is -0.136. The summed E-state index contributed by atoms with van der Waals surface area (Å²) in [6.07, 6.45) is 5.21. The third-order valence-corrected chi connectivity index (χ3v) is 5.60. The molecule has 3 heterocycles. The Bertz CT molecular complexity index is 1100. The predicted octanol–water partition coefficient (Wildman–Crippen LogP) is 3.67. The molecule has 0 N–H and O–H groups in total. The predicted molar refractivity (Wildman–Crippen MR) is 114 cm³/mol. The summed E-state index contributed by atoms with van der Waals surface area (Å²) < 4.78 is 5.40. The van der Waals surface area contributed by atoms with Gasteiger partial charge in [-0.3, -0.25) is 9.78 Å². The zero-order chi connectivity index (χ0) is 21.0. The minimum Gasteiger partial charge on any atom is -0.341 e.